The molecule has 0 aliphatic carbocycles. The molecule has 0 radical (unpaired) electrons. The van der Waals surface area contributed by atoms with E-state index in [-0.39, 0.29) is 5.91 Å². The van der Waals surface area contributed by atoms with Crippen molar-refractivity contribution in [1.82, 2.24) is 19.6 Å². The fraction of sp³-hybridized carbons (Fsp3) is 0.625. The third kappa shape index (κ3) is 3.39. The van der Waals surface area contributed by atoms with Crippen molar-refractivity contribution >= 4 is 17.4 Å². The predicted octanol–water partition coefficient (Wildman–Crippen LogP) is 0.138. The van der Waals surface area contributed by atoms with Crippen LogP contribution in [0.4, 0.5) is 0 Å². The van der Waals surface area contributed by atoms with Gasteiger partial charge in [0.1, 0.15) is 5.82 Å². The lowest BCUT2D eigenvalue weighted by Gasteiger charge is -2.08. The monoisotopic (exact) mass is 214 g/mol. The van der Waals surface area contributed by atoms with Crippen LogP contribution in [0.25, 0.3) is 0 Å². The van der Waals surface area contributed by atoms with Crippen LogP contribution in [-0.2, 0) is 0 Å². The Labute approximate surface area is 87.3 Å². The molecular weight excluding hydrogens is 200 g/mol. The quantitative estimate of drug-likeness (QED) is 0.774. The Morgan fingerprint density at radius 2 is 2.29 bits per heavy atom. The molecule has 6 heteroatoms. The summed E-state index contributed by atoms with van der Waals surface area (Å²) in [4.78, 5) is 17.4. The molecule has 5 nitrogen and oxygen atoms in total. The second-order valence-corrected chi connectivity index (χ2v) is 3.96. The predicted molar refractivity (Wildman–Crippen MR) is 55.5 cm³/mol. The number of aryl methyl sites for hydroxylation is 1. The van der Waals surface area contributed by atoms with Crippen molar-refractivity contribution in [2.45, 2.75) is 6.92 Å². The third-order valence-corrected chi connectivity index (χ3v) is 2.37. The largest absolute Gasteiger partial charge is 0.349 e. The standard InChI is InChI=1S/C8H14N4OS/c1-6-10-8(14-11-6)7(13)9-4-5-12(2)3/h4-5H2,1-3H3,(H,9,13). The zero-order chi connectivity index (χ0) is 10.6. The number of nitrogens with zero attached hydrogens (tertiary/aromatic N) is 3. The Hall–Kier alpha value is -1.01. The summed E-state index contributed by atoms with van der Waals surface area (Å²) in [6, 6.07) is 0. The highest BCUT2D eigenvalue weighted by Gasteiger charge is 2.09. The summed E-state index contributed by atoms with van der Waals surface area (Å²) in [5, 5.41) is 3.20. The minimum atomic E-state index is -0.141. The smallest absolute Gasteiger partial charge is 0.281 e. The van der Waals surface area contributed by atoms with Crippen molar-refractivity contribution < 1.29 is 4.79 Å². The molecule has 1 rings (SSSR count). The van der Waals surface area contributed by atoms with Gasteiger partial charge in [-0.2, -0.15) is 4.37 Å². The molecule has 0 aliphatic rings. The summed E-state index contributed by atoms with van der Waals surface area (Å²) in [7, 11) is 3.92. The molecule has 1 aromatic rings. The summed E-state index contributed by atoms with van der Waals surface area (Å²) in [5.74, 6) is 0.505. The van der Waals surface area contributed by atoms with Crippen LogP contribution < -0.4 is 5.32 Å². The Balaban J connectivity index is 2.36. The van der Waals surface area contributed by atoms with E-state index in [0.29, 0.717) is 17.4 Å². The molecule has 0 spiro atoms. The molecule has 1 N–H and O–H groups in total. The molecule has 0 unspecified atom stereocenters. The molecule has 1 amide bonds. The van der Waals surface area contributed by atoms with Gasteiger partial charge in [0.2, 0.25) is 5.01 Å². The number of carbonyl (C=O) groups is 1. The maximum Gasteiger partial charge on any atom is 0.281 e. The van der Waals surface area contributed by atoms with Gasteiger partial charge >= 0.3 is 0 Å². The van der Waals surface area contributed by atoms with Crippen molar-refractivity contribution in [3.63, 3.8) is 0 Å². The molecule has 14 heavy (non-hydrogen) atoms. The minimum Gasteiger partial charge on any atom is -0.349 e. The van der Waals surface area contributed by atoms with E-state index in [1.54, 1.807) is 6.92 Å². The van der Waals surface area contributed by atoms with E-state index in [1.807, 2.05) is 19.0 Å². The van der Waals surface area contributed by atoms with Gasteiger partial charge in [-0.25, -0.2) is 4.98 Å². The van der Waals surface area contributed by atoms with E-state index in [9.17, 15) is 4.79 Å². The highest BCUT2D eigenvalue weighted by atomic mass is 32.1. The normalized spacial score (nSPS) is 10.6. The van der Waals surface area contributed by atoms with E-state index in [0.717, 1.165) is 18.1 Å². The van der Waals surface area contributed by atoms with Gasteiger partial charge in [0.25, 0.3) is 5.91 Å². The van der Waals surface area contributed by atoms with Crippen molar-refractivity contribution in [2.75, 3.05) is 27.2 Å². The van der Waals surface area contributed by atoms with Gasteiger partial charge in [0.15, 0.2) is 0 Å². The molecular formula is C8H14N4OS. The van der Waals surface area contributed by atoms with Crippen molar-refractivity contribution in [3.8, 4) is 0 Å². The highest BCUT2D eigenvalue weighted by molar-refractivity contribution is 7.07. The SMILES string of the molecule is Cc1nsc(C(=O)NCCN(C)C)n1. The second-order valence-electron chi connectivity index (χ2n) is 3.21. The van der Waals surface area contributed by atoms with Gasteiger partial charge in [-0.3, -0.25) is 4.79 Å². The fourth-order valence-corrected chi connectivity index (χ4v) is 1.45. The topological polar surface area (TPSA) is 58.1 Å². The highest BCUT2D eigenvalue weighted by Crippen LogP contribution is 2.02. The zero-order valence-corrected chi connectivity index (χ0v) is 9.39. The molecule has 0 atom stereocenters. The summed E-state index contributed by atoms with van der Waals surface area (Å²) in [6.07, 6.45) is 0. The van der Waals surface area contributed by atoms with Crippen molar-refractivity contribution in [1.29, 1.82) is 0 Å². The molecule has 0 bridgehead atoms. The van der Waals surface area contributed by atoms with E-state index in [1.165, 1.54) is 0 Å². The first-order chi connectivity index (χ1) is 6.59. The lowest BCUT2D eigenvalue weighted by atomic mass is 10.5. The average Bonchev–Trinajstić information content (AvgIpc) is 2.51. The van der Waals surface area contributed by atoms with Gasteiger partial charge in [-0.1, -0.05) is 0 Å². The van der Waals surface area contributed by atoms with Crippen LogP contribution in [0.5, 0.6) is 0 Å². The number of carbonyl (C=O) groups excluding carboxylic acids is 1. The molecule has 0 aromatic carbocycles. The van der Waals surface area contributed by atoms with Crippen LogP contribution in [0.3, 0.4) is 0 Å². The molecule has 1 heterocycles. The zero-order valence-electron chi connectivity index (χ0n) is 8.57. The minimum absolute atomic E-state index is 0.141. The fourth-order valence-electron chi connectivity index (χ4n) is 0.858. The Morgan fingerprint density at radius 1 is 1.57 bits per heavy atom. The van der Waals surface area contributed by atoms with E-state index in [2.05, 4.69) is 14.7 Å². The Morgan fingerprint density at radius 3 is 2.79 bits per heavy atom. The van der Waals surface area contributed by atoms with Crippen LogP contribution >= 0.6 is 11.5 Å². The van der Waals surface area contributed by atoms with Gasteiger partial charge in [0, 0.05) is 13.1 Å². The van der Waals surface area contributed by atoms with E-state index >= 15 is 0 Å². The molecule has 0 saturated heterocycles. The number of nitrogens with one attached hydrogen (secondary N) is 1. The first-order valence-electron chi connectivity index (χ1n) is 4.33. The first kappa shape index (κ1) is 11.1. The van der Waals surface area contributed by atoms with E-state index in [4.69, 9.17) is 0 Å². The Kier molecular flexibility index (Phi) is 3.97. The van der Waals surface area contributed by atoms with Gasteiger partial charge < -0.3 is 10.2 Å². The molecule has 0 fully saturated rings. The van der Waals surface area contributed by atoms with Gasteiger partial charge in [0.05, 0.1) is 0 Å². The third-order valence-electron chi connectivity index (χ3n) is 1.57. The number of amides is 1. The molecule has 0 saturated carbocycles. The van der Waals surface area contributed by atoms with Gasteiger partial charge in [-0.05, 0) is 32.6 Å². The number of aromatic nitrogens is 2. The van der Waals surface area contributed by atoms with Crippen LogP contribution in [0.1, 0.15) is 15.6 Å². The summed E-state index contributed by atoms with van der Waals surface area (Å²) >= 11 is 1.13. The number of hydrogen-bond donors (Lipinski definition) is 1. The average molecular weight is 214 g/mol. The molecule has 0 aliphatic heterocycles. The molecule has 1 aromatic heterocycles. The summed E-state index contributed by atoms with van der Waals surface area (Å²) in [5.41, 5.74) is 0. The number of likely N-dealkylation sites (N-methyl/N-ethyl adjacent to an activating group) is 1. The number of rotatable bonds is 4. The maximum atomic E-state index is 11.4. The number of hydrogen-bond acceptors (Lipinski definition) is 5. The Bertz CT molecular complexity index is 310. The van der Waals surface area contributed by atoms with Crippen LogP contribution in [0, 0.1) is 6.92 Å². The van der Waals surface area contributed by atoms with Crippen molar-refractivity contribution in [3.05, 3.63) is 10.8 Å². The van der Waals surface area contributed by atoms with Crippen LogP contribution in [0.15, 0.2) is 0 Å². The van der Waals surface area contributed by atoms with Crippen LogP contribution in [-0.4, -0.2) is 47.3 Å². The summed E-state index contributed by atoms with van der Waals surface area (Å²) < 4.78 is 3.94. The van der Waals surface area contributed by atoms with Crippen molar-refractivity contribution in [2.24, 2.45) is 0 Å². The second kappa shape index (κ2) is 5.02. The lowest BCUT2D eigenvalue weighted by Crippen LogP contribution is -2.31. The van der Waals surface area contributed by atoms with E-state index < -0.39 is 0 Å². The van der Waals surface area contributed by atoms with Gasteiger partial charge in [-0.15, -0.1) is 0 Å². The summed E-state index contributed by atoms with van der Waals surface area (Å²) in [6.45, 7) is 3.22. The first-order valence-corrected chi connectivity index (χ1v) is 5.10. The lowest BCUT2D eigenvalue weighted by molar-refractivity contribution is 0.0950. The molecule has 78 valence electrons. The van der Waals surface area contributed by atoms with Crippen LogP contribution in [0.2, 0.25) is 0 Å². The maximum absolute atomic E-state index is 11.4.